The molecule has 2 aliphatic rings. The lowest BCUT2D eigenvalue weighted by molar-refractivity contribution is 0.0979. The molecule has 1 aliphatic heterocycles. The zero-order chi connectivity index (χ0) is 10.1. The van der Waals surface area contributed by atoms with Crippen molar-refractivity contribution in [2.75, 3.05) is 6.61 Å². The highest BCUT2D eigenvalue weighted by molar-refractivity contribution is 5.46. The van der Waals surface area contributed by atoms with Crippen LogP contribution < -0.4 is 0 Å². The molecule has 0 radical (unpaired) electrons. The van der Waals surface area contributed by atoms with Crippen molar-refractivity contribution in [1.82, 2.24) is 0 Å². The van der Waals surface area contributed by atoms with E-state index in [0.29, 0.717) is 6.61 Å². The Kier molecular flexibility index (Phi) is 2.40. The van der Waals surface area contributed by atoms with Crippen LogP contribution in [-0.4, -0.2) is 23.9 Å². The summed E-state index contributed by atoms with van der Waals surface area (Å²) >= 11 is 0. The van der Waals surface area contributed by atoms with Crippen molar-refractivity contribution in [3.63, 3.8) is 0 Å². The average Bonchev–Trinajstić information content (AvgIpc) is 2.62. The number of fused-ring (bicyclic) bond motifs is 1. The molecule has 1 saturated carbocycles. The molecule has 0 bridgehead atoms. The Morgan fingerprint density at radius 3 is 3.07 bits per heavy atom. The van der Waals surface area contributed by atoms with Gasteiger partial charge in [0.2, 0.25) is 0 Å². The van der Waals surface area contributed by atoms with Crippen molar-refractivity contribution >= 4 is 0 Å². The molecule has 14 heavy (non-hydrogen) atoms. The lowest BCUT2D eigenvalue weighted by atomic mass is 9.83. The summed E-state index contributed by atoms with van der Waals surface area (Å²) < 4.78 is 5.48. The number of ether oxygens (including phenoxy) is 1. The first kappa shape index (κ1) is 9.44. The SMILES string of the molecule is C=C/C=C1/C[C@H]2OCC=C2[C@H](O)C1=C. The van der Waals surface area contributed by atoms with E-state index in [2.05, 4.69) is 13.2 Å². The summed E-state index contributed by atoms with van der Waals surface area (Å²) in [5.41, 5.74) is 2.78. The van der Waals surface area contributed by atoms with E-state index in [4.69, 9.17) is 4.74 Å². The predicted octanol–water partition coefficient (Wildman–Crippen LogP) is 1.74. The molecule has 2 nitrogen and oxygen atoms in total. The predicted molar refractivity (Wildman–Crippen MR) is 55.9 cm³/mol. The molecule has 1 N–H and O–H groups in total. The van der Waals surface area contributed by atoms with Crippen molar-refractivity contribution in [3.05, 3.63) is 48.1 Å². The highest BCUT2D eigenvalue weighted by atomic mass is 16.5. The molecule has 0 unspecified atom stereocenters. The summed E-state index contributed by atoms with van der Waals surface area (Å²) in [4.78, 5) is 0. The molecule has 1 aliphatic carbocycles. The highest BCUT2D eigenvalue weighted by Gasteiger charge is 2.34. The van der Waals surface area contributed by atoms with E-state index in [0.717, 1.165) is 23.1 Å². The number of aliphatic hydroxyl groups is 1. The molecule has 0 spiro atoms. The fraction of sp³-hybridized carbons (Fsp3) is 0.333. The molecule has 2 atom stereocenters. The van der Waals surface area contributed by atoms with Crippen LogP contribution in [0.1, 0.15) is 6.42 Å². The van der Waals surface area contributed by atoms with Crippen LogP contribution in [0, 0.1) is 0 Å². The standard InChI is InChI=1S/C12H14O2/c1-3-4-9-7-11-10(5-6-14-11)12(13)8(9)2/h3-5,11-13H,1-2,6-7H2/b9-4-/t11-,12-/m1/s1. The van der Waals surface area contributed by atoms with Crippen LogP contribution in [0.15, 0.2) is 48.1 Å². The summed E-state index contributed by atoms with van der Waals surface area (Å²) in [5.74, 6) is 0. The smallest absolute Gasteiger partial charge is 0.102 e. The minimum absolute atomic E-state index is 0.0432. The second kappa shape index (κ2) is 3.56. The molecular weight excluding hydrogens is 176 g/mol. The maximum Gasteiger partial charge on any atom is 0.102 e. The van der Waals surface area contributed by atoms with Gasteiger partial charge in [-0.3, -0.25) is 0 Å². The zero-order valence-electron chi connectivity index (χ0n) is 8.07. The molecule has 2 rings (SSSR count). The van der Waals surface area contributed by atoms with Crippen LogP contribution in [0.5, 0.6) is 0 Å². The Morgan fingerprint density at radius 2 is 2.36 bits per heavy atom. The van der Waals surface area contributed by atoms with Gasteiger partial charge in [0.15, 0.2) is 0 Å². The van der Waals surface area contributed by atoms with Gasteiger partial charge in [-0.05, 0) is 16.7 Å². The first-order chi connectivity index (χ1) is 6.74. The van der Waals surface area contributed by atoms with E-state index in [1.807, 2.05) is 12.2 Å². The lowest BCUT2D eigenvalue weighted by Crippen LogP contribution is -2.29. The molecule has 0 aromatic heterocycles. The Labute approximate surface area is 83.9 Å². The van der Waals surface area contributed by atoms with Gasteiger partial charge in [0.05, 0.1) is 12.7 Å². The van der Waals surface area contributed by atoms with Gasteiger partial charge in [0.25, 0.3) is 0 Å². The summed E-state index contributed by atoms with van der Waals surface area (Å²) in [6.07, 6.45) is 5.84. The summed E-state index contributed by atoms with van der Waals surface area (Å²) in [7, 11) is 0. The minimum Gasteiger partial charge on any atom is -0.384 e. The van der Waals surface area contributed by atoms with E-state index in [1.165, 1.54) is 0 Å². The molecule has 2 heteroatoms. The molecule has 1 heterocycles. The molecule has 0 saturated heterocycles. The Hall–Kier alpha value is -1.12. The monoisotopic (exact) mass is 190 g/mol. The van der Waals surface area contributed by atoms with Crippen LogP contribution >= 0.6 is 0 Å². The van der Waals surface area contributed by atoms with Crippen molar-refractivity contribution in [3.8, 4) is 0 Å². The quantitative estimate of drug-likeness (QED) is 0.638. The van der Waals surface area contributed by atoms with Crippen LogP contribution in [0.4, 0.5) is 0 Å². The average molecular weight is 190 g/mol. The van der Waals surface area contributed by atoms with E-state index >= 15 is 0 Å². The molecule has 0 amide bonds. The Morgan fingerprint density at radius 1 is 1.57 bits per heavy atom. The Balaban J connectivity index is 2.30. The van der Waals surface area contributed by atoms with E-state index in [9.17, 15) is 5.11 Å². The van der Waals surface area contributed by atoms with E-state index in [1.54, 1.807) is 6.08 Å². The Bertz CT molecular complexity index is 336. The first-order valence-corrected chi connectivity index (χ1v) is 4.74. The fourth-order valence-electron chi connectivity index (χ4n) is 1.98. The van der Waals surface area contributed by atoms with Gasteiger partial charge >= 0.3 is 0 Å². The number of hydrogen-bond acceptors (Lipinski definition) is 2. The molecule has 1 fully saturated rings. The molecule has 74 valence electrons. The van der Waals surface area contributed by atoms with Gasteiger partial charge in [0.1, 0.15) is 6.10 Å². The van der Waals surface area contributed by atoms with Crippen molar-refractivity contribution < 1.29 is 9.84 Å². The first-order valence-electron chi connectivity index (χ1n) is 4.74. The number of allylic oxidation sites excluding steroid dienone is 2. The van der Waals surface area contributed by atoms with Crippen molar-refractivity contribution in [2.24, 2.45) is 0 Å². The van der Waals surface area contributed by atoms with Gasteiger partial charge in [0, 0.05) is 6.42 Å². The van der Waals surface area contributed by atoms with Gasteiger partial charge in [-0.15, -0.1) is 0 Å². The van der Waals surface area contributed by atoms with Crippen LogP contribution in [-0.2, 0) is 4.74 Å². The minimum atomic E-state index is -0.567. The fourth-order valence-corrected chi connectivity index (χ4v) is 1.98. The summed E-state index contributed by atoms with van der Waals surface area (Å²) in [6.45, 7) is 8.14. The number of aliphatic hydroxyl groups excluding tert-OH is 1. The van der Waals surface area contributed by atoms with Gasteiger partial charge < -0.3 is 9.84 Å². The number of hydrogen-bond donors (Lipinski definition) is 1. The summed E-state index contributed by atoms with van der Waals surface area (Å²) in [6, 6.07) is 0. The zero-order valence-corrected chi connectivity index (χ0v) is 8.07. The molecule has 0 aromatic carbocycles. The third-order valence-electron chi connectivity index (χ3n) is 2.77. The van der Waals surface area contributed by atoms with Crippen LogP contribution in [0.2, 0.25) is 0 Å². The maximum atomic E-state index is 9.92. The largest absolute Gasteiger partial charge is 0.384 e. The lowest BCUT2D eigenvalue weighted by Gasteiger charge is -2.29. The molecule has 0 aromatic rings. The third kappa shape index (κ3) is 1.37. The topological polar surface area (TPSA) is 29.5 Å². The number of rotatable bonds is 1. The highest BCUT2D eigenvalue weighted by Crippen LogP contribution is 2.36. The van der Waals surface area contributed by atoms with Crippen LogP contribution in [0.25, 0.3) is 0 Å². The van der Waals surface area contributed by atoms with Crippen LogP contribution in [0.3, 0.4) is 0 Å². The van der Waals surface area contributed by atoms with Gasteiger partial charge in [-0.2, -0.15) is 0 Å². The van der Waals surface area contributed by atoms with Gasteiger partial charge in [-0.1, -0.05) is 31.4 Å². The maximum absolute atomic E-state index is 9.92. The van der Waals surface area contributed by atoms with E-state index < -0.39 is 6.10 Å². The second-order valence-corrected chi connectivity index (χ2v) is 3.59. The van der Waals surface area contributed by atoms with Crippen molar-refractivity contribution in [1.29, 1.82) is 0 Å². The second-order valence-electron chi connectivity index (χ2n) is 3.59. The third-order valence-corrected chi connectivity index (χ3v) is 2.77. The normalized spacial score (nSPS) is 34.2. The molecular formula is C12H14O2. The van der Waals surface area contributed by atoms with Gasteiger partial charge in [-0.25, -0.2) is 0 Å². The summed E-state index contributed by atoms with van der Waals surface area (Å²) in [5, 5.41) is 9.92. The van der Waals surface area contributed by atoms with E-state index in [-0.39, 0.29) is 6.10 Å². The van der Waals surface area contributed by atoms with Crippen molar-refractivity contribution in [2.45, 2.75) is 18.6 Å².